The third-order valence-corrected chi connectivity index (χ3v) is 8.16. The average Bonchev–Trinajstić information content (AvgIpc) is 3.33. The molecule has 0 saturated heterocycles. The van der Waals surface area contributed by atoms with Crippen molar-refractivity contribution in [3.05, 3.63) is 85.3 Å². The van der Waals surface area contributed by atoms with Gasteiger partial charge >= 0.3 is 0 Å². The van der Waals surface area contributed by atoms with Gasteiger partial charge in [-0.25, -0.2) is 0 Å². The van der Waals surface area contributed by atoms with Gasteiger partial charge < -0.3 is 10.2 Å². The van der Waals surface area contributed by atoms with Crippen molar-refractivity contribution in [3.63, 3.8) is 0 Å². The quantitative estimate of drug-likeness (QED) is 0.302. The van der Waals surface area contributed by atoms with E-state index in [9.17, 15) is 19.8 Å². The number of carbonyl (C=O) groups excluding carboxylic acids is 2. The van der Waals surface area contributed by atoms with E-state index in [0.717, 1.165) is 24.9 Å². The van der Waals surface area contributed by atoms with Gasteiger partial charge in [0.2, 0.25) is 0 Å². The number of Topliss-reactive ketones (excluding diaryl/α,β-unsaturated/α-hetero) is 2. The van der Waals surface area contributed by atoms with Gasteiger partial charge in [0.15, 0.2) is 11.6 Å². The maximum absolute atomic E-state index is 11.2. The van der Waals surface area contributed by atoms with Crippen molar-refractivity contribution in [2.45, 2.75) is 19.1 Å². The van der Waals surface area contributed by atoms with Crippen molar-refractivity contribution >= 4 is 66.5 Å². The summed E-state index contributed by atoms with van der Waals surface area (Å²) < 4.78 is 1.99. The van der Waals surface area contributed by atoms with Crippen LogP contribution in [0, 0.1) is 0 Å². The Balaban J connectivity index is 0.000000181. The zero-order valence-electron chi connectivity index (χ0n) is 17.3. The van der Waals surface area contributed by atoms with E-state index in [0.29, 0.717) is 16.9 Å². The van der Waals surface area contributed by atoms with E-state index in [2.05, 4.69) is 31.9 Å². The van der Waals surface area contributed by atoms with Crippen molar-refractivity contribution in [3.8, 4) is 16.2 Å². The van der Waals surface area contributed by atoms with Crippen LogP contribution < -0.4 is 0 Å². The zero-order valence-corrected chi connectivity index (χ0v) is 22.1. The number of rotatable bonds is 4. The van der Waals surface area contributed by atoms with E-state index >= 15 is 0 Å². The van der Waals surface area contributed by atoms with Gasteiger partial charge in [0.25, 0.3) is 0 Å². The molecule has 2 heterocycles. The van der Waals surface area contributed by atoms with Gasteiger partial charge in [-0.2, -0.15) is 0 Å². The number of halogens is 2. The fourth-order valence-electron chi connectivity index (χ4n) is 3.06. The molecule has 1 unspecified atom stereocenters. The van der Waals surface area contributed by atoms with Gasteiger partial charge in [-0.3, -0.25) is 9.59 Å². The van der Waals surface area contributed by atoms with Crippen LogP contribution in [0.1, 0.15) is 35.0 Å². The Hall–Kier alpha value is -1.87. The molecule has 32 heavy (non-hydrogen) atoms. The van der Waals surface area contributed by atoms with E-state index in [1.165, 1.54) is 25.2 Å². The molecule has 2 aromatic carbocycles. The molecule has 1 aliphatic heterocycles. The monoisotopic (exact) mass is 594 g/mol. The molecule has 0 fully saturated rings. The van der Waals surface area contributed by atoms with Gasteiger partial charge in [-0.15, -0.1) is 23.1 Å². The van der Waals surface area contributed by atoms with Crippen LogP contribution in [-0.4, -0.2) is 27.5 Å². The van der Waals surface area contributed by atoms with Crippen molar-refractivity contribution in [2.24, 2.45) is 0 Å². The third kappa shape index (κ3) is 5.73. The molecule has 0 aliphatic carbocycles. The minimum Gasteiger partial charge on any atom is -0.510 e. The summed E-state index contributed by atoms with van der Waals surface area (Å²) in [5.41, 5.74) is 2.89. The Morgan fingerprint density at radius 3 is 1.94 bits per heavy atom. The minimum atomic E-state index is -0.114. The normalized spacial score (nSPS) is 15.3. The number of aromatic hydroxyl groups is 1. The van der Waals surface area contributed by atoms with Crippen LogP contribution in [-0.2, 0) is 4.79 Å². The van der Waals surface area contributed by atoms with Crippen LogP contribution in [0.5, 0.6) is 5.75 Å². The third-order valence-electron chi connectivity index (χ3n) is 4.80. The molecule has 1 atom stereocenters. The molecule has 8 heteroatoms. The number of aliphatic hydroxyl groups is 1. The molecule has 3 aromatic rings. The molecular weight excluding hydrogens is 576 g/mol. The van der Waals surface area contributed by atoms with Crippen LogP contribution in [0.25, 0.3) is 10.4 Å². The molecule has 0 saturated carbocycles. The lowest BCUT2D eigenvalue weighted by atomic mass is 10.1. The second kappa shape index (κ2) is 10.8. The maximum atomic E-state index is 11.2. The predicted octanol–water partition coefficient (Wildman–Crippen LogP) is 7.72. The highest BCUT2D eigenvalue weighted by Crippen LogP contribution is 2.43. The Morgan fingerprint density at radius 2 is 1.47 bits per heavy atom. The summed E-state index contributed by atoms with van der Waals surface area (Å²) in [7, 11) is 0. The second-order valence-electron chi connectivity index (χ2n) is 7.05. The topological polar surface area (TPSA) is 74.6 Å². The summed E-state index contributed by atoms with van der Waals surface area (Å²) in [5, 5.41) is 21.5. The number of aliphatic hydroxyl groups excluding tert-OH is 1. The lowest BCUT2D eigenvalue weighted by molar-refractivity contribution is -0.113. The fraction of sp³-hybridized carbons (Fsp3) is 0.167. The molecule has 1 aliphatic rings. The first kappa shape index (κ1) is 24.8. The van der Waals surface area contributed by atoms with Crippen molar-refractivity contribution in [1.82, 2.24) is 0 Å². The van der Waals surface area contributed by atoms with Crippen LogP contribution in [0.3, 0.4) is 0 Å². The molecule has 0 radical (unpaired) electrons. The standard InChI is InChI=1S/C12H11BrO2S.C12H9BrO2S/c2*1-7(14)10-6-16-12(11(10)15)8-2-4-9(13)5-3-8/h2-5,12,15H,6H2,1H3;2-6,15H,1H3. The predicted molar refractivity (Wildman–Crippen MR) is 139 cm³/mol. The highest BCUT2D eigenvalue weighted by Gasteiger charge is 2.29. The fourth-order valence-corrected chi connectivity index (χ4v) is 5.93. The first-order valence-corrected chi connectivity index (χ1v) is 13.1. The summed E-state index contributed by atoms with van der Waals surface area (Å²) >= 11 is 9.68. The van der Waals surface area contributed by atoms with Crippen LogP contribution in [0.15, 0.2) is 74.2 Å². The van der Waals surface area contributed by atoms with Crippen molar-refractivity contribution in [2.75, 3.05) is 5.75 Å². The summed E-state index contributed by atoms with van der Waals surface area (Å²) in [6.45, 7) is 2.95. The van der Waals surface area contributed by atoms with Crippen molar-refractivity contribution in [1.29, 1.82) is 0 Å². The summed E-state index contributed by atoms with van der Waals surface area (Å²) in [6.07, 6.45) is 0. The lowest BCUT2D eigenvalue weighted by Gasteiger charge is -2.10. The molecule has 0 bridgehead atoms. The second-order valence-corrected chi connectivity index (χ2v) is 10.9. The molecular formula is C24H20Br2O4S2. The summed E-state index contributed by atoms with van der Waals surface area (Å²) in [4.78, 5) is 23.2. The number of carbonyl (C=O) groups is 2. The summed E-state index contributed by atoms with van der Waals surface area (Å²) in [6, 6.07) is 15.4. The number of benzene rings is 2. The van der Waals surface area contributed by atoms with E-state index in [-0.39, 0.29) is 28.3 Å². The highest BCUT2D eigenvalue weighted by atomic mass is 79.9. The SMILES string of the molecule is CC(=O)C1=C(O)C(c2ccc(Br)cc2)SC1.CC(=O)c1csc(-c2ccc(Br)cc2)c1O. The molecule has 1 aromatic heterocycles. The first-order valence-electron chi connectivity index (χ1n) is 9.56. The average molecular weight is 596 g/mol. The van der Waals surface area contributed by atoms with Crippen LogP contribution in [0.4, 0.5) is 0 Å². The Morgan fingerprint density at radius 1 is 0.906 bits per heavy atom. The molecule has 4 rings (SSSR count). The van der Waals surface area contributed by atoms with E-state index < -0.39 is 0 Å². The molecule has 166 valence electrons. The van der Waals surface area contributed by atoms with Crippen LogP contribution >= 0.6 is 55.0 Å². The smallest absolute Gasteiger partial charge is 0.164 e. The van der Waals surface area contributed by atoms with Crippen molar-refractivity contribution < 1.29 is 19.8 Å². The lowest BCUT2D eigenvalue weighted by Crippen LogP contribution is -2.00. The number of hydrogen-bond donors (Lipinski definition) is 2. The van der Waals surface area contributed by atoms with Gasteiger partial charge in [0, 0.05) is 25.7 Å². The Labute approximate surface area is 211 Å². The van der Waals surface area contributed by atoms with E-state index in [1.54, 1.807) is 17.1 Å². The largest absolute Gasteiger partial charge is 0.510 e. The number of ketones is 2. The highest BCUT2D eigenvalue weighted by molar-refractivity contribution is 9.10. The molecule has 4 nitrogen and oxygen atoms in total. The molecule has 2 N–H and O–H groups in total. The zero-order chi connectivity index (χ0) is 23.4. The number of hydrogen-bond acceptors (Lipinski definition) is 6. The molecule has 0 spiro atoms. The van der Waals surface area contributed by atoms with E-state index in [1.807, 2.05) is 48.5 Å². The Kier molecular flexibility index (Phi) is 8.38. The van der Waals surface area contributed by atoms with Gasteiger partial charge in [0.05, 0.1) is 15.7 Å². The van der Waals surface area contributed by atoms with E-state index in [4.69, 9.17) is 0 Å². The summed E-state index contributed by atoms with van der Waals surface area (Å²) in [5.74, 6) is 0.753. The Bertz CT molecular complexity index is 1170. The van der Waals surface area contributed by atoms with Gasteiger partial charge in [-0.05, 0) is 49.2 Å². The minimum absolute atomic E-state index is 0.0374. The number of thioether (sulfide) groups is 1. The van der Waals surface area contributed by atoms with Gasteiger partial charge in [0.1, 0.15) is 11.5 Å². The first-order chi connectivity index (χ1) is 15.2. The van der Waals surface area contributed by atoms with Gasteiger partial charge in [-0.1, -0.05) is 56.1 Å². The number of thiophene rings is 1. The maximum Gasteiger partial charge on any atom is 0.164 e. The van der Waals surface area contributed by atoms with Crippen LogP contribution in [0.2, 0.25) is 0 Å². The molecule has 0 amide bonds.